The number of aromatic nitrogens is 1. The summed E-state index contributed by atoms with van der Waals surface area (Å²) in [5.41, 5.74) is 1.96. The minimum atomic E-state index is -0.365. The fourth-order valence-corrected chi connectivity index (χ4v) is 2.29. The van der Waals surface area contributed by atoms with Crippen molar-refractivity contribution in [3.63, 3.8) is 0 Å². The average molecular weight is 356 g/mol. The molecule has 7 heteroatoms. The summed E-state index contributed by atoms with van der Waals surface area (Å²) in [4.78, 5) is 30.0. The third-order valence-electron chi connectivity index (χ3n) is 3.55. The highest BCUT2D eigenvalue weighted by atomic mass is 16.5. The quantitative estimate of drug-likeness (QED) is 0.745. The predicted octanol–water partition coefficient (Wildman–Crippen LogP) is 3.04. The molecule has 1 aromatic carbocycles. The molecule has 0 aliphatic rings. The van der Waals surface area contributed by atoms with Gasteiger partial charge in [-0.15, -0.1) is 0 Å². The van der Waals surface area contributed by atoms with Crippen LogP contribution in [0.3, 0.4) is 0 Å². The first-order valence-electron chi connectivity index (χ1n) is 8.44. The van der Waals surface area contributed by atoms with E-state index in [-0.39, 0.29) is 12.0 Å². The van der Waals surface area contributed by atoms with Crippen molar-refractivity contribution >= 4 is 23.5 Å². The largest absolute Gasteiger partial charge is 0.462 e. The van der Waals surface area contributed by atoms with Crippen LogP contribution in [-0.2, 0) is 11.3 Å². The summed E-state index contributed by atoms with van der Waals surface area (Å²) in [6, 6.07) is 9.99. The lowest BCUT2D eigenvalue weighted by Gasteiger charge is -2.16. The van der Waals surface area contributed by atoms with Crippen molar-refractivity contribution in [2.75, 3.05) is 30.9 Å². The minimum Gasteiger partial charge on any atom is -0.462 e. The maximum Gasteiger partial charge on any atom is 0.338 e. The number of benzene rings is 1. The van der Waals surface area contributed by atoms with Gasteiger partial charge >= 0.3 is 12.0 Å². The number of rotatable bonds is 7. The Hall–Kier alpha value is -3.09. The van der Waals surface area contributed by atoms with Gasteiger partial charge in [0.15, 0.2) is 0 Å². The summed E-state index contributed by atoms with van der Waals surface area (Å²) in [5.74, 6) is 0.443. The van der Waals surface area contributed by atoms with E-state index in [1.807, 2.05) is 38.1 Å². The monoisotopic (exact) mass is 356 g/mol. The van der Waals surface area contributed by atoms with Crippen LogP contribution in [0.25, 0.3) is 0 Å². The lowest BCUT2D eigenvalue weighted by Crippen LogP contribution is -2.29. The number of hydrogen-bond acceptors (Lipinski definition) is 5. The Morgan fingerprint density at radius 3 is 2.54 bits per heavy atom. The maximum atomic E-state index is 12.1. The summed E-state index contributed by atoms with van der Waals surface area (Å²) in [5, 5.41) is 5.53. The van der Waals surface area contributed by atoms with E-state index in [4.69, 9.17) is 4.74 Å². The molecule has 0 aliphatic heterocycles. The molecule has 26 heavy (non-hydrogen) atoms. The molecule has 2 aromatic rings. The van der Waals surface area contributed by atoms with Crippen LogP contribution in [-0.4, -0.2) is 37.7 Å². The van der Waals surface area contributed by atoms with E-state index < -0.39 is 0 Å². The minimum absolute atomic E-state index is 0.333. The van der Waals surface area contributed by atoms with E-state index in [1.54, 1.807) is 30.5 Å². The number of nitrogens with zero attached hydrogens (tertiary/aromatic N) is 2. The van der Waals surface area contributed by atoms with Gasteiger partial charge in [0.25, 0.3) is 0 Å². The number of carbonyl (C=O) groups excluding carboxylic acids is 2. The standard InChI is InChI=1S/C19H24N4O3/c1-4-12-26-18(24)14-7-9-16(10-8-14)22-19(25)21-13-15-6-5-11-20-17(15)23(2)3/h5-11H,4,12-13H2,1-3H3,(H2,21,22,25). The number of anilines is 2. The fourth-order valence-electron chi connectivity index (χ4n) is 2.29. The zero-order valence-electron chi connectivity index (χ0n) is 15.3. The highest BCUT2D eigenvalue weighted by Crippen LogP contribution is 2.14. The molecule has 0 aliphatic carbocycles. The Kier molecular flexibility index (Phi) is 6.96. The number of amides is 2. The van der Waals surface area contributed by atoms with Crippen molar-refractivity contribution in [3.05, 3.63) is 53.7 Å². The molecule has 0 bridgehead atoms. The molecule has 0 radical (unpaired) electrons. The van der Waals surface area contributed by atoms with Crippen LogP contribution in [0.4, 0.5) is 16.3 Å². The molecule has 0 fully saturated rings. The molecule has 1 aromatic heterocycles. The van der Waals surface area contributed by atoms with Crippen LogP contribution in [0.1, 0.15) is 29.3 Å². The molecule has 0 saturated heterocycles. The van der Waals surface area contributed by atoms with Crippen LogP contribution < -0.4 is 15.5 Å². The van der Waals surface area contributed by atoms with Gasteiger partial charge in [0.05, 0.1) is 12.2 Å². The summed E-state index contributed by atoms with van der Waals surface area (Å²) >= 11 is 0. The highest BCUT2D eigenvalue weighted by molar-refractivity contribution is 5.92. The first-order valence-corrected chi connectivity index (χ1v) is 8.44. The van der Waals surface area contributed by atoms with Gasteiger partial charge in [-0.05, 0) is 36.8 Å². The van der Waals surface area contributed by atoms with Crippen LogP contribution in [0, 0.1) is 0 Å². The molecule has 1 heterocycles. The number of urea groups is 1. The van der Waals surface area contributed by atoms with Gasteiger partial charge in [-0.1, -0.05) is 13.0 Å². The normalized spacial score (nSPS) is 10.1. The van der Waals surface area contributed by atoms with Gasteiger partial charge in [-0.3, -0.25) is 0 Å². The Bertz CT molecular complexity index is 745. The number of ether oxygens (including phenoxy) is 1. The van der Waals surface area contributed by atoms with E-state index in [2.05, 4.69) is 15.6 Å². The molecule has 7 nitrogen and oxygen atoms in total. The van der Waals surface area contributed by atoms with Crippen molar-refractivity contribution in [3.8, 4) is 0 Å². The highest BCUT2D eigenvalue weighted by Gasteiger charge is 2.09. The molecule has 2 rings (SSSR count). The van der Waals surface area contributed by atoms with Crippen LogP contribution >= 0.6 is 0 Å². The van der Waals surface area contributed by atoms with Crippen LogP contribution in [0.5, 0.6) is 0 Å². The van der Waals surface area contributed by atoms with E-state index in [0.717, 1.165) is 17.8 Å². The Labute approximate surface area is 153 Å². The van der Waals surface area contributed by atoms with Gasteiger partial charge in [0, 0.05) is 38.1 Å². The second-order valence-corrected chi connectivity index (χ2v) is 5.90. The SMILES string of the molecule is CCCOC(=O)c1ccc(NC(=O)NCc2cccnc2N(C)C)cc1. The summed E-state index contributed by atoms with van der Waals surface area (Å²) in [6.07, 6.45) is 2.49. The molecule has 138 valence electrons. The number of esters is 1. The van der Waals surface area contributed by atoms with Crippen molar-refractivity contribution in [1.82, 2.24) is 10.3 Å². The number of pyridine rings is 1. The van der Waals surface area contributed by atoms with Gasteiger partial charge in [0.2, 0.25) is 0 Å². The topological polar surface area (TPSA) is 83.6 Å². The molecular formula is C19H24N4O3. The number of carbonyl (C=O) groups is 2. The Morgan fingerprint density at radius 1 is 1.15 bits per heavy atom. The number of nitrogens with one attached hydrogen (secondary N) is 2. The summed E-state index contributed by atoms with van der Waals surface area (Å²) < 4.78 is 5.07. The van der Waals surface area contributed by atoms with Crippen LogP contribution in [0.15, 0.2) is 42.6 Å². The van der Waals surface area contributed by atoms with Crippen molar-refractivity contribution in [2.45, 2.75) is 19.9 Å². The Balaban J connectivity index is 1.89. The van der Waals surface area contributed by atoms with Gasteiger partial charge in [-0.25, -0.2) is 14.6 Å². The lowest BCUT2D eigenvalue weighted by molar-refractivity contribution is 0.0505. The first-order chi connectivity index (χ1) is 12.5. The Morgan fingerprint density at radius 2 is 1.88 bits per heavy atom. The zero-order chi connectivity index (χ0) is 18.9. The molecule has 0 unspecified atom stereocenters. The predicted molar refractivity (Wildman–Crippen MR) is 101 cm³/mol. The van der Waals surface area contributed by atoms with Gasteiger partial charge < -0.3 is 20.3 Å². The van der Waals surface area contributed by atoms with E-state index >= 15 is 0 Å². The third-order valence-corrected chi connectivity index (χ3v) is 3.55. The first kappa shape index (κ1) is 19.2. The lowest BCUT2D eigenvalue weighted by atomic mass is 10.2. The van der Waals surface area contributed by atoms with Gasteiger partial charge in [-0.2, -0.15) is 0 Å². The molecule has 2 N–H and O–H groups in total. The van der Waals surface area contributed by atoms with Crippen molar-refractivity contribution in [1.29, 1.82) is 0 Å². The van der Waals surface area contributed by atoms with Gasteiger partial charge in [0.1, 0.15) is 5.82 Å². The van der Waals surface area contributed by atoms with E-state index in [1.165, 1.54) is 0 Å². The average Bonchev–Trinajstić information content (AvgIpc) is 2.65. The fraction of sp³-hybridized carbons (Fsp3) is 0.316. The summed E-state index contributed by atoms with van der Waals surface area (Å²) in [7, 11) is 3.80. The zero-order valence-corrected chi connectivity index (χ0v) is 15.3. The molecule has 0 saturated carbocycles. The summed E-state index contributed by atoms with van der Waals surface area (Å²) in [6.45, 7) is 2.69. The smallest absolute Gasteiger partial charge is 0.338 e. The molecule has 0 atom stereocenters. The van der Waals surface area contributed by atoms with Crippen LogP contribution in [0.2, 0.25) is 0 Å². The molecule has 0 spiro atoms. The van der Waals surface area contributed by atoms with E-state index in [0.29, 0.717) is 24.4 Å². The van der Waals surface area contributed by atoms with E-state index in [9.17, 15) is 9.59 Å². The number of hydrogen-bond donors (Lipinski definition) is 2. The second kappa shape index (κ2) is 9.41. The second-order valence-electron chi connectivity index (χ2n) is 5.90. The molecular weight excluding hydrogens is 332 g/mol. The molecule has 2 amide bonds. The third kappa shape index (κ3) is 5.47. The maximum absolute atomic E-state index is 12.1. The van der Waals surface area contributed by atoms with Crippen molar-refractivity contribution < 1.29 is 14.3 Å². The van der Waals surface area contributed by atoms with Crippen molar-refractivity contribution in [2.24, 2.45) is 0 Å².